The maximum Gasteiger partial charge on any atom is 0.240 e. The van der Waals surface area contributed by atoms with E-state index < -0.39 is 32.1 Å². The largest absolute Gasteiger partial charge is 0.395 e. The summed E-state index contributed by atoms with van der Waals surface area (Å²) in [5.41, 5.74) is 12.2. The standard InChI is InChI=1S/C21H25ClN6O7S2/c22-19-17(18(31)13-1-5-15(6-2-13)36(32,33)25-9-11-29)20(23)27-21(24)28(19)14-3-7-16(8-4-14)37(34,35)26-10-12-30/h1-8,21,25-26,29-30H,9-12,24H2,(H2,23,27). The fourth-order valence-electron chi connectivity index (χ4n) is 3.33. The molecule has 0 aromatic heterocycles. The Hall–Kier alpha value is -2.89. The van der Waals surface area contributed by atoms with Crippen LogP contribution in [-0.4, -0.2) is 71.3 Å². The minimum Gasteiger partial charge on any atom is -0.395 e. The SMILES string of the molecule is NC1=NC(N)N(c2ccc(S(=O)(=O)NCCO)cc2)C(Cl)=C1C(=O)c1ccc(S(=O)(=O)NCCO)cc1. The lowest BCUT2D eigenvalue weighted by Gasteiger charge is -2.32. The number of carbonyl (C=O) groups excluding carboxylic acids is 1. The smallest absolute Gasteiger partial charge is 0.240 e. The van der Waals surface area contributed by atoms with Gasteiger partial charge in [0.25, 0.3) is 0 Å². The van der Waals surface area contributed by atoms with Gasteiger partial charge in [-0.1, -0.05) is 11.6 Å². The van der Waals surface area contributed by atoms with Crippen LogP contribution in [0.3, 0.4) is 0 Å². The third-order valence-corrected chi connectivity index (χ3v) is 8.42. The van der Waals surface area contributed by atoms with Crippen LogP contribution in [0.4, 0.5) is 5.69 Å². The molecule has 0 saturated carbocycles. The van der Waals surface area contributed by atoms with Crippen LogP contribution in [0.1, 0.15) is 10.4 Å². The lowest BCUT2D eigenvalue weighted by molar-refractivity contribution is 0.103. The van der Waals surface area contributed by atoms with Crippen LogP contribution in [0.2, 0.25) is 0 Å². The minimum atomic E-state index is -3.88. The first kappa shape index (κ1) is 28.7. The summed E-state index contributed by atoms with van der Waals surface area (Å²) in [7, 11) is -7.73. The highest BCUT2D eigenvalue weighted by atomic mass is 35.5. The highest BCUT2D eigenvalue weighted by molar-refractivity contribution is 7.89. The van der Waals surface area contributed by atoms with Gasteiger partial charge in [0.05, 0.1) is 28.6 Å². The summed E-state index contributed by atoms with van der Waals surface area (Å²) >= 11 is 6.53. The van der Waals surface area contributed by atoms with Crippen molar-refractivity contribution in [2.75, 3.05) is 31.2 Å². The van der Waals surface area contributed by atoms with Gasteiger partial charge in [0.1, 0.15) is 11.0 Å². The molecule has 1 unspecified atom stereocenters. The molecule has 200 valence electrons. The first-order valence-corrected chi connectivity index (χ1v) is 14.0. The summed E-state index contributed by atoms with van der Waals surface area (Å²) in [4.78, 5) is 18.4. The van der Waals surface area contributed by atoms with Gasteiger partial charge >= 0.3 is 0 Å². The molecule has 2 aromatic rings. The van der Waals surface area contributed by atoms with Crippen LogP contribution in [0.25, 0.3) is 0 Å². The van der Waals surface area contributed by atoms with Crippen molar-refractivity contribution >= 4 is 49.0 Å². The predicted molar refractivity (Wildman–Crippen MR) is 137 cm³/mol. The van der Waals surface area contributed by atoms with Crippen molar-refractivity contribution in [3.05, 3.63) is 64.8 Å². The molecule has 0 fully saturated rings. The van der Waals surface area contributed by atoms with Crippen LogP contribution < -0.4 is 25.8 Å². The number of benzene rings is 2. The number of hydrogen-bond donors (Lipinski definition) is 6. The molecule has 0 spiro atoms. The second-order valence-corrected chi connectivity index (χ2v) is 11.4. The summed E-state index contributed by atoms with van der Waals surface area (Å²) in [6.07, 6.45) is -1.12. The summed E-state index contributed by atoms with van der Waals surface area (Å²) in [6.45, 7) is -1.06. The van der Waals surface area contributed by atoms with Gasteiger partial charge in [-0.15, -0.1) is 0 Å². The molecule has 0 amide bonds. The number of nitrogens with two attached hydrogens (primary N) is 2. The van der Waals surface area contributed by atoms with E-state index in [1.165, 1.54) is 53.4 Å². The highest BCUT2D eigenvalue weighted by Crippen LogP contribution is 2.31. The normalized spacial score (nSPS) is 16.6. The summed E-state index contributed by atoms with van der Waals surface area (Å²) < 4.78 is 53.3. The van der Waals surface area contributed by atoms with E-state index in [-0.39, 0.29) is 58.2 Å². The molecular formula is C21H25ClN6O7S2. The number of aliphatic hydroxyl groups excluding tert-OH is 2. The number of Topliss-reactive ketones (excluding diaryl/α,β-unsaturated/α-hetero) is 1. The van der Waals surface area contributed by atoms with E-state index in [9.17, 15) is 21.6 Å². The van der Waals surface area contributed by atoms with Crippen LogP contribution in [-0.2, 0) is 20.0 Å². The number of halogens is 1. The highest BCUT2D eigenvalue weighted by Gasteiger charge is 2.32. The number of aliphatic imine (C=N–C) groups is 1. The first-order valence-electron chi connectivity index (χ1n) is 10.7. The second kappa shape index (κ2) is 11.7. The van der Waals surface area contributed by atoms with Crippen molar-refractivity contribution in [3.8, 4) is 0 Å². The zero-order chi connectivity index (χ0) is 27.4. The monoisotopic (exact) mass is 572 g/mol. The molecule has 3 rings (SSSR count). The van der Waals surface area contributed by atoms with Crippen molar-refractivity contribution in [3.63, 3.8) is 0 Å². The Morgan fingerprint density at radius 1 is 0.919 bits per heavy atom. The Bertz CT molecular complexity index is 1430. The summed E-state index contributed by atoms with van der Waals surface area (Å²) in [5.74, 6) is -0.879. The van der Waals surface area contributed by atoms with E-state index in [1.807, 2.05) is 0 Å². The lowest BCUT2D eigenvalue weighted by atomic mass is 10.0. The Labute approximate surface area is 218 Å². The molecule has 0 radical (unpaired) electrons. The Morgan fingerprint density at radius 3 is 1.84 bits per heavy atom. The van der Waals surface area contributed by atoms with Gasteiger partial charge in [0.15, 0.2) is 12.1 Å². The van der Waals surface area contributed by atoms with E-state index in [0.29, 0.717) is 5.69 Å². The van der Waals surface area contributed by atoms with Crippen molar-refractivity contribution in [1.82, 2.24) is 9.44 Å². The molecule has 13 nitrogen and oxygen atoms in total. The summed E-state index contributed by atoms with van der Waals surface area (Å²) in [6, 6.07) is 10.4. The van der Waals surface area contributed by atoms with Gasteiger partial charge in [-0.25, -0.2) is 31.3 Å². The number of aliphatic hydroxyl groups is 2. The predicted octanol–water partition coefficient (Wildman–Crippen LogP) is -1.02. The molecule has 8 N–H and O–H groups in total. The van der Waals surface area contributed by atoms with Gasteiger partial charge < -0.3 is 15.9 Å². The van der Waals surface area contributed by atoms with Gasteiger partial charge in [-0.05, 0) is 48.5 Å². The number of ketones is 1. The van der Waals surface area contributed by atoms with E-state index in [2.05, 4.69) is 14.4 Å². The molecular weight excluding hydrogens is 548 g/mol. The fourth-order valence-corrected chi connectivity index (χ4v) is 5.75. The van der Waals surface area contributed by atoms with Crippen LogP contribution in [0.15, 0.2) is 74.0 Å². The van der Waals surface area contributed by atoms with Crippen molar-refractivity contribution < 1.29 is 31.8 Å². The Kier molecular flexibility index (Phi) is 9.04. The minimum absolute atomic E-state index is 0.0687. The van der Waals surface area contributed by atoms with Crippen LogP contribution >= 0.6 is 11.6 Å². The van der Waals surface area contributed by atoms with Crippen LogP contribution in [0.5, 0.6) is 0 Å². The zero-order valence-corrected chi connectivity index (χ0v) is 21.6. The molecule has 16 heteroatoms. The maximum atomic E-state index is 13.2. The molecule has 0 saturated heterocycles. The third-order valence-electron chi connectivity index (χ3n) is 5.10. The molecule has 2 aromatic carbocycles. The fraction of sp³-hybridized carbons (Fsp3) is 0.238. The number of nitrogens with zero attached hydrogens (tertiary/aromatic N) is 2. The number of rotatable bonds is 11. The molecule has 0 aliphatic carbocycles. The number of hydrogen-bond acceptors (Lipinski definition) is 11. The van der Waals surface area contributed by atoms with Gasteiger partial charge in [0, 0.05) is 24.3 Å². The third kappa shape index (κ3) is 6.34. The number of nitrogens with one attached hydrogen (secondary N) is 2. The van der Waals surface area contributed by atoms with E-state index in [4.69, 9.17) is 33.3 Å². The maximum absolute atomic E-state index is 13.2. The summed E-state index contributed by atoms with van der Waals surface area (Å²) in [5, 5.41) is 17.5. The van der Waals surface area contributed by atoms with E-state index in [0.717, 1.165) is 0 Å². The van der Waals surface area contributed by atoms with Gasteiger partial charge in [0.2, 0.25) is 20.0 Å². The van der Waals surface area contributed by atoms with Crippen molar-refractivity contribution in [2.45, 2.75) is 16.1 Å². The number of carbonyl (C=O) groups is 1. The molecule has 1 atom stereocenters. The molecule has 1 heterocycles. The lowest BCUT2D eigenvalue weighted by Crippen LogP contribution is -2.46. The number of sulfonamides is 2. The second-order valence-electron chi connectivity index (χ2n) is 7.55. The molecule has 1 aliphatic heterocycles. The Balaban J connectivity index is 1.92. The van der Waals surface area contributed by atoms with E-state index in [1.54, 1.807) is 0 Å². The first-order chi connectivity index (χ1) is 17.4. The van der Waals surface area contributed by atoms with E-state index >= 15 is 0 Å². The molecule has 37 heavy (non-hydrogen) atoms. The number of amidine groups is 1. The average molecular weight is 573 g/mol. The molecule has 0 bridgehead atoms. The zero-order valence-electron chi connectivity index (χ0n) is 19.2. The van der Waals surface area contributed by atoms with Gasteiger partial charge in [-0.2, -0.15) is 0 Å². The van der Waals surface area contributed by atoms with Gasteiger partial charge in [-0.3, -0.25) is 15.4 Å². The average Bonchev–Trinajstić information content (AvgIpc) is 2.86. The Morgan fingerprint density at radius 2 is 1.38 bits per heavy atom. The van der Waals surface area contributed by atoms with Crippen LogP contribution in [0, 0.1) is 0 Å². The number of anilines is 1. The van der Waals surface area contributed by atoms with Crippen molar-refractivity contribution in [2.24, 2.45) is 16.5 Å². The molecule has 1 aliphatic rings. The quantitative estimate of drug-likeness (QED) is 0.142. The van der Waals surface area contributed by atoms with Crippen molar-refractivity contribution in [1.29, 1.82) is 0 Å². The topological polar surface area (TPSA) is 218 Å².